The summed E-state index contributed by atoms with van der Waals surface area (Å²) in [7, 11) is 0. The highest BCUT2D eigenvalue weighted by molar-refractivity contribution is 5.91. The van der Waals surface area contributed by atoms with Gasteiger partial charge in [-0.1, -0.05) is 18.2 Å². The second-order valence-corrected chi connectivity index (χ2v) is 3.01. The van der Waals surface area contributed by atoms with Crippen LogP contribution >= 0.6 is 0 Å². The summed E-state index contributed by atoms with van der Waals surface area (Å²) in [5.74, 6) is -1.32. The number of urea groups is 1. The lowest BCUT2D eigenvalue weighted by Crippen LogP contribution is -2.47. The number of rotatable bonds is 3. The Morgan fingerprint density at radius 2 is 1.87 bits per heavy atom. The van der Waals surface area contributed by atoms with Gasteiger partial charge in [0, 0.05) is 5.69 Å². The first-order chi connectivity index (χ1) is 7.09. The third kappa shape index (κ3) is 3.68. The van der Waals surface area contributed by atoms with Gasteiger partial charge in [-0.25, -0.2) is 4.79 Å². The van der Waals surface area contributed by atoms with E-state index in [1.54, 1.807) is 24.3 Å². The van der Waals surface area contributed by atoms with Gasteiger partial charge in [0.2, 0.25) is 0 Å². The molecular formula is C10H11N2O3-. The molecule has 0 aliphatic heterocycles. The van der Waals surface area contributed by atoms with Crippen LogP contribution in [-0.2, 0) is 4.79 Å². The lowest BCUT2D eigenvalue weighted by Gasteiger charge is -2.15. The lowest BCUT2D eigenvalue weighted by atomic mass is 10.3. The number of carboxylic acid groups (broad SMARTS) is 1. The van der Waals surface area contributed by atoms with Gasteiger partial charge in [-0.05, 0) is 19.1 Å². The minimum absolute atomic E-state index is 0.571. The first kappa shape index (κ1) is 11.0. The molecule has 0 saturated heterocycles. The molecule has 0 saturated carbocycles. The Morgan fingerprint density at radius 3 is 2.40 bits per heavy atom. The van der Waals surface area contributed by atoms with Crippen LogP contribution in [0.25, 0.3) is 0 Å². The second kappa shape index (κ2) is 4.99. The molecule has 5 heteroatoms. The number of aliphatic carboxylic acids is 1. The highest BCUT2D eigenvalue weighted by atomic mass is 16.4. The number of carbonyl (C=O) groups excluding carboxylic acids is 2. The van der Waals surface area contributed by atoms with Gasteiger partial charge in [0.15, 0.2) is 0 Å². The molecule has 0 bridgehead atoms. The van der Waals surface area contributed by atoms with Crippen molar-refractivity contribution in [1.82, 2.24) is 5.32 Å². The molecule has 2 N–H and O–H groups in total. The first-order valence-electron chi connectivity index (χ1n) is 4.43. The molecule has 0 spiro atoms. The number of nitrogens with one attached hydrogen (secondary N) is 2. The molecule has 0 aliphatic rings. The summed E-state index contributed by atoms with van der Waals surface area (Å²) in [5.41, 5.74) is 0.598. The van der Waals surface area contributed by atoms with Crippen molar-refractivity contribution in [3.63, 3.8) is 0 Å². The molecule has 1 aromatic carbocycles. The Kier molecular flexibility index (Phi) is 3.68. The molecular weight excluding hydrogens is 196 g/mol. The van der Waals surface area contributed by atoms with Crippen molar-refractivity contribution < 1.29 is 14.7 Å². The molecule has 0 aliphatic carbocycles. The van der Waals surface area contributed by atoms with Gasteiger partial charge >= 0.3 is 6.03 Å². The van der Waals surface area contributed by atoms with E-state index < -0.39 is 18.0 Å². The molecule has 15 heavy (non-hydrogen) atoms. The maximum absolute atomic E-state index is 11.2. The maximum atomic E-state index is 11.2. The quantitative estimate of drug-likeness (QED) is 0.728. The second-order valence-electron chi connectivity index (χ2n) is 3.01. The van der Waals surface area contributed by atoms with E-state index in [-0.39, 0.29) is 0 Å². The molecule has 0 radical (unpaired) electrons. The average Bonchev–Trinajstić information content (AvgIpc) is 2.18. The molecule has 2 amide bonds. The smallest absolute Gasteiger partial charge is 0.319 e. The van der Waals surface area contributed by atoms with Gasteiger partial charge in [0.25, 0.3) is 0 Å². The summed E-state index contributed by atoms with van der Waals surface area (Å²) in [4.78, 5) is 21.5. The van der Waals surface area contributed by atoms with E-state index in [0.717, 1.165) is 0 Å². The van der Waals surface area contributed by atoms with Crippen molar-refractivity contribution in [2.24, 2.45) is 0 Å². The highest BCUT2D eigenvalue weighted by Crippen LogP contribution is 2.04. The number of amides is 2. The normalized spacial score (nSPS) is 11.5. The van der Waals surface area contributed by atoms with E-state index >= 15 is 0 Å². The van der Waals surface area contributed by atoms with Crippen LogP contribution in [0.5, 0.6) is 0 Å². The van der Waals surface area contributed by atoms with Crippen LogP contribution in [0.1, 0.15) is 6.92 Å². The molecule has 5 nitrogen and oxygen atoms in total. The molecule has 1 atom stereocenters. The lowest BCUT2D eigenvalue weighted by molar-refractivity contribution is -0.307. The molecule has 80 valence electrons. The zero-order valence-corrected chi connectivity index (χ0v) is 8.19. The van der Waals surface area contributed by atoms with Crippen LogP contribution in [0.3, 0.4) is 0 Å². The van der Waals surface area contributed by atoms with Crippen molar-refractivity contribution in [2.45, 2.75) is 13.0 Å². The van der Waals surface area contributed by atoms with E-state index in [1.807, 2.05) is 6.07 Å². The van der Waals surface area contributed by atoms with E-state index in [4.69, 9.17) is 0 Å². The average molecular weight is 207 g/mol. The first-order valence-corrected chi connectivity index (χ1v) is 4.43. The van der Waals surface area contributed by atoms with Crippen LogP contribution in [-0.4, -0.2) is 18.0 Å². The number of para-hydroxylation sites is 1. The third-order valence-corrected chi connectivity index (χ3v) is 1.73. The number of carboxylic acids is 1. The SMILES string of the molecule is C[C@@H](NC(=O)Nc1ccccc1)C(=O)[O-]. The molecule has 0 heterocycles. The number of hydrogen-bond acceptors (Lipinski definition) is 3. The summed E-state index contributed by atoms with van der Waals surface area (Å²) < 4.78 is 0. The number of hydrogen-bond donors (Lipinski definition) is 2. The van der Waals surface area contributed by atoms with Crippen LogP contribution in [0.2, 0.25) is 0 Å². The Morgan fingerprint density at radius 1 is 1.27 bits per heavy atom. The molecule has 1 aromatic rings. The fraction of sp³-hybridized carbons (Fsp3) is 0.200. The van der Waals surface area contributed by atoms with Gasteiger partial charge in [-0.3, -0.25) is 0 Å². The van der Waals surface area contributed by atoms with Crippen molar-refractivity contribution >= 4 is 17.7 Å². The van der Waals surface area contributed by atoms with E-state index in [1.165, 1.54) is 6.92 Å². The number of benzene rings is 1. The summed E-state index contributed by atoms with van der Waals surface area (Å²) in [6.45, 7) is 1.33. The zero-order valence-electron chi connectivity index (χ0n) is 8.19. The van der Waals surface area contributed by atoms with E-state index in [0.29, 0.717) is 5.69 Å². The summed E-state index contributed by atoms with van der Waals surface area (Å²) in [6, 6.07) is 7.14. The Bertz CT molecular complexity index is 351. The summed E-state index contributed by atoms with van der Waals surface area (Å²) >= 11 is 0. The van der Waals surface area contributed by atoms with Crippen molar-refractivity contribution in [1.29, 1.82) is 0 Å². The van der Waals surface area contributed by atoms with Gasteiger partial charge in [-0.2, -0.15) is 0 Å². The number of carbonyl (C=O) groups is 2. The molecule has 0 aromatic heterocycles. The van der Waals surface area contributed by atoms with Crippen molar-refractivity contribution in [2.75, 3.05) is 5.32 Å². The standard InChI is InChI=1S/C10H12N2O3/c1-7(9(13)14)11-10(15)12-8-5-3-2-4-6-8/h2-7H,1H3,(H,13,14)(H2,11,12,15)/p-1/t7-/m1/s1. The Hall–Kier alpha value is -2.04. The maximum Gasteiger partial charge on any atom is 0.319 e. The molecule has 0 unspecified atom stereocenters. The van der Waals surface area contributed by atoms with Gasteiger partial charge < -0.3 is 20.5 Å². The van der Waals surface area contributed by atoms with Gasteiger partial charge in [-0.15, -0.1) is 0 Å². The number of anilines is 1. The van der Waals surface area contributed by atoms with Crippen LogP contribution < -0.4 is 15.7 Å². The minimum Gasteiger partial charge on any atom is -0.548 e. The monoisotopic (exact) mass is 207 g/mol. The van der Waals surface area contributed by atoms with Crippen molar-refractivity contribution in [3.05, 3.63) is 30.3 Å². The fourth-order valence-electron chi connectivity index (χ4n) is 0.944. The minimum atomic E-state index is -1.32. The fourth-order valence-corrected chi connectivity index (χ4v) is 0.944. The highest BCUT2D eigenvalue weighted by Gasteiger charge is 2.06. The van der Waals surface area contributed by atoms with Crippen LogP contribution in [0, 0.1) is 0 Å². The third-order valence-electron chi connectivity index (χ3n) is 1.73. The summed E-state index contributed by atoms with van der Waals surface area (Å²) in [5, 5.41) is 15.0. The van der Waals surface area contributed by atoms with Crippen LogP contribution in [0.15, 0.2) is 30.3 Å². The van der Waals surface area contributed by atoms with Crippen LogP contribution in [0.4, 0.5) is 10.5 Å². The largest absolute Gasteiger partial charge is 0.548 e. The van der Waals surface area contributed by atoms with E-state index in [9.17, 15) is 14.7 Å². The molecule has 0 fully saturated rings. The Balaban J connectivity index is 2.47. The topological polar surface area (TPSA) is 81.3 Å². The Labute approximate surface area is 87.1 Å². The molecule has 1 rings (SSSR count). The van der Waals surface area contributed by atoms with Gasteiger partial charge in [0.05, 0.1) is 12.0 Å². The summed E-state index contributed by atoms with van der Waals surface area (Å²) in [6.07, 6.45) is 0. The predicted octanol–water partition coefficient (Wildman–Crippen LogP) is -0.0535. The van der Waals surface area contributed by atoms with E-state index in [2.05, 4.69) is 10.6 Å². The van der Waals surface area contributed by atoms with Gasteiger partial charge in [0.1, 0.15) is 0 Å². The zero-order chi connectivity index (χ0) is 11.3. The predicted molar refractivity (Wildman–Crippen MR) is 53.1 cm³/mol. The van der Waals surface area contributed by atoms with Crippen molar-refractivity contribution in [3.8, 4) is 0 Å².